The van der Waals surface area contributed by atoms with E-state index in [1.165, 1.54) is 17.6 Å². The Morgan fingerprint density at radius 3 is 2.44 bits per heavy atom. The molecule has 3 rings (SSSR count). The molecular formula is C20H20N2O4S. The number of anilines is 1. The summed E-state index contributed by atoms with van der Waals surface area (Å²) in [7, 11) is 0. The van der Waals surface area contributed by atoms with E-state index in [1.807, 2.05) is 25.3 Å². The van der Waals surface area contributed by atoms with E-state index in [-0.39, 0.29) is 6.54 Å². The van der Waals surface area contributed by atoms with Crippen LogP contribution in [0.2, 0.25) is 0 Å². The van der Waals surface area contributed by atoms with Gasteiger partial charge in [0.25, 0.3) is 0 Å². The Kier molecular flexibility index (Phi) is 5.43. The van der Waals surface area contributed by atoms with Crippen LogP contribution in [0.1, 0.15) is 21.8 Å². The predicted molar refractivity (Wildman–Crippen MR) is 104 cm³/mol. The second-order valence-electron chi connectivity index (χ2n) is 6.33. The molecule has 6 nitrogen and oxygen atoms in total. The van der Waals surface area contributed by atoms with E-state index in [1.54, 1.807) is 36.4 Å². The lowest BCUT2D eigenvalue weighted by molar-refractivity contribution is -0.136. The van der Waals surface area contributed by atoms with Crippen molar-refractivity contribution in [1.82, 2.24) is 5.32 Å². The van der Waals surface area contributed by atoms with Gasteiger partial charge in [-0.1, -0.05) is 12.1 Å². The lowest BCUT2D eigenvalue weighted by atomic mass is 9.98. The first-order valence-electron chi connectivity index (χ1n) is 8.36. The fraction of sp³-hybridized carbons (Fsp3) is 0.200. The molecule has 140 valence electrons. The average molecular weight is 384 g/mol. The number of furan rings is 1. The molecule has 1 unspecified atom stereocenters. The Balaban J connectivity index is 1.70. The van der Waals surface area contributed by atoms with E-state index in [0.29, 0.717) is 16.3 Å². The summed E-state index contributed by atoms with van der Waals surface area (Å²) >= 11 is 1.33. The maximum absolute atomic E-state index is 12.2. The lowest BCUT2D eigenvalue weighted by Gasteiger charge is -2.25. The van der Waals surface area contributed by atoms with Crippen LogP contribution in [-0.2, 0) is 15.2 Å². The van der Waals surface area contributed by atoms with Crippen LogP contribution in [0.5, 0.6) is 0 Å². The SMILES string of the molecule is Cc1cc(C)cc(NC(=O)C(=O)NCC(O)(c2ccco2)c2cccs2)c1. The molecule has 0 radical (unpaired) electrons. The Hall–Kier alpha value is -2.90. The Bertz CT molecular complexity index is 879. The molecule has 2 aromatic heterocycles. The normalized spacial score (nSPS) is 13.0. The van der Waals surface area contributed by atoms with E-state index < -0.39 is 17.4 Å². The van der Waals surface area contributed by atoms with Crippen molar-refractivity contribution < 1.29 is 19.1 Å². The number of aryl methyl sites for hydroxylation is 2. The molecule has 0 fully saturated rings. The zero-order chi connectivity index (χ0) is 19.4. The number of carbonyl (C=O) groups is 2. The molecule has 1 aromatic carbocycles. The van der Waals surface area contributed by atoms with Crippen LogP contribution in [0.25, 0.3) is 0 Å². The Morgan fingerprint density at radius 2 is 1.85 bits per heavy atom. The van der Waals surface area contributed by atoms with Crippen LogP contribution < -0.4 is 10.6 Å². The summed E-state index contributed by atoms with van der Waals surface area (Å²) in [6, 6.07) is 12.4. The third-order valence-electron chi connectivity index (χ3n) is 4.05. The van der Waals surface area contributed by atoms with Gasteiger partial charge >= 0.3 is 11.8 Å². The molecule has 0 bridgehead atoms. The highest BCUT2D eigenvalue weighted by atomic mass is 32.1. The first-order valence-corrected chi connectivity index (χ1v) is 9.24. The van der Waals surface area contributed by atoms with Gasteiger partial charge in [-0.3, -0.25) is 9.59 Å². The number of benzene rings is 1. The van der Waals surface area contributed by atoms with Crippen LogP contribution in [0.15, 0.2) is 58.5 Å². The monoisotopic (exact) mass is 384 g/mol. The molecule has 0 saturated carbocycles. The number of carbonyl (C=O) groups excluding carboxylic acids is 2. The largest absolute Gasteiger partial charge is 0.466 e. The smallest absolute Gasteiger partial charge is 0.313 e. The molecular weight excluding hydrogens is 364 g/mol. The molecule has 7 heteroatoms. The fourth-order valence-electron chi connectivity index (χ4n) is 2.85. The number of rotatable bonds is 5. The topological polar surface area (TPSA) is 91.6 Å². The van der Waals surface area contributed by atoms with Gasteiger partial charge in [0.05, 0.1) is 12.8 Å². The maximum Gasteiger partial charge on any atom is 0.313 e. The van der Waals surface area contributed by atoms with E-state index in [2.05, 4.69) is 10.6 Å². The molecule has 0 saturated heterocycles. The van der Waals surface area contributed by atoms with E-state index >= 15 is 0 Å². The summed E-state index contributed by atoms with van der Waals surface area (Å²) < 4.78 is 5.34. The molecule has 1 atom stereocenters. The Labute approximate surface area is 160 Å². The van der Waals surface area contributed by atoms with Gasteiger partial charge < -0.3 is 20.2 Å². The number of nitrogens with one attached hydrogen (secondary N) is 2. The van der Waals surface area contributed by atoms with Crippen LogP contribution in [0, 0.1) is 13.8 Å². The number of aliphatic hydroxyl groups is 1. The number of amides is 2. The summed E-state index contributed by atoms with van der Waals surface area (Å²) in [4.78, 5) is 25.0. The van der Waals surface area contributed by atoms with Crippen molar-refractivity contribution >= 4 is 28.8 Å². The van der Waals surface area contributed by atoms with Crippen molar-refractivity contribution in [2.24, 2.45) is 0 Å². The van der Waals surface area contributed by atoms with Gasteiger partial charge in [0.2, 0.25) is 0 Å². The highest BCUT2D eigenvalue weighted by Gasteiger charge is 2.36. The van der Waals surface area contributed by atoms with Crippen LogP contribution in [0.3, 0.4) is 0 Å². The summed E-state index contributed by atoms with van der Waals surface area (Å²) in [5, 5.41) is 18.0. The number of thiophene rings is 1. The highest BCUT2D eigenvalue weighted by molar-refractivity contribution is 7.10. The maximum atomic E-state index is 12.2. The van der Waals surface area contributed by atoms with Gasteiger partial charge in [0.15, 0.2) is 5.60 Å². The number of hydrogen-bond donors (Lipinski definition) is 3. The minimum Gasteiger partial charge on any atom is -0.466 e. The van der Waals surface area contributed by atoms with E-state index in [0.717, 1.165) is 11.1 Å². The van der Waals surface area contributed by atoms with Gasteiger partial charge in [-0.15, -0.1) is 11.3 Å². The van der Waals surface area contributed by atoms with Crippen molar-refractivity contribution in [2.75, 3.05) is 11.9 Å². The zero-order valence-corrected chi connectivity index (χ0v) is 15.8. The van der Waals surface area contributed by atoms with Crippen molar-refractivity contribution in [3.8, 4) is 0 Å². The van der Waals surface area contributed by atoms with Gasteiger partial charge in [-0.2, -0.15) is 0 Å². The minimum absolute atomic E-state index is 0.194. The van der Waals surface area contributed by atoms with Crippen molar-refractivity contribution in [3.05, 3.63) is 75.9 Å². The van der Waals surface area contributed by atoms with Crippen molar-refractivity contribution in [1.29, 1.82) is 0 Å². The van der Waals surface area contributed by atoms with E-state index in [4.69, 9.17) is 4.42 Å². The van der Waals surface area contributed by atoms with Gasteiger partial charge in [0, 0.05) is 10.6 Å². The van der Waals surface area contributed by atoms with E-state index in [9.17, 15) is 14.7 Å². The summed E-state index contributed by atoms with van der Waals surface area (Å²) in [5.41, 5.74) is 0.964. The van der Waals surface area contributed by atoms with Crippen LogP contribution in [-0.4, -0.2) is 23.5 Å². The fourth-order valence-corrected chi connectivity index (χ4v) is 3.68. The summed E-state index contributed by atoms with van der Waals surface area (Å²) in [6.07, 6.45) is 1.45. The van der Waals surface area contributed by atoms with Crippen molar-refractivity contribution in [3.63, 3.8) is 0 Å². The standard InChI is InChI=1S/C20H20N2O4S/c1-13-9-14(2)11-15(10-13)22-19(24)18(23)21-12-20(25,16-5-3-7-26-16)17-6-4-8-27-17/h3-11,25H,12H2,1-2H3,(H,21,23)(H,22,24). The summed E-state index contributed by atoms with van der Waals surface area (Å²) in [5.74, 6) is -1.34. The van der Waals surface area contributed by atoms with Gasteiger partial charge in [-0.05, 0) is 60.7 Å². The Morgan fingerprint density at radius 1 is 1.11 bits per heavy atom. The molecule has 0 aliphatic rings. The lowest BCUT2D eigenvalue weighted by Crippen LogP contribution is -2.44. The first-order chi connectivity index (χ1) is 12.9. The predicted octanol–water partition coefficient (Wildman–Crippen LogP) is 2.95. The quantitative estimate of drug-likeness (QED) is 0.590. The highest BCUT2D eigenvalue weighted by Crippen LogP contribution is 2.32. The molecule has 0 aliphatic heterocycles. The molecule has 2 heterocycles. The second-order valence-corrected chi connectivity index (χ2v) is 7.28. The van der Waals surface area contributed by atoms with Crippen LogP contribution in [0.4, 0.5) is 5.69 Å². The van der Waals surface area contributed by atoms with Gasteiger partial charge in [0.1, 0.15) is 5.76 Å². The molecule has 0 aliphatic carbocycles. The van der Waals surface area contributed by atoms with Crippen molar-refractivity contribution in [2.45, 2.75) is 19.4 Å². The zero-order valence-electron chi connectivity index (χ0n) is 15.0. The third-order valence-corrected chi connectivity index (χ3v) is 5.07. The molecule has 2 amide bonds. The average Bonchev–Trinajstić information content (AvgIpc) is 3.31. The minimum atomic E-state index is -1.55. The van der Waals surface area contributed by atoms with Gasteiger partial charge in [-0.25, -0.2) is 0 Å². The first kappa shape index (κ1) is 18.9. The number of hydrogen-bond acceptors (Lipinski definition) is 5. The molecule has 27 heavy (non-hydrogen) atoms. The third kappa shape index (κ3) is 4.27. The van der Waals surface area contributed by atoms with Crippen LogP contribution >= 0.6 is 11.3 Å². The molecule has 3 aromatic rings. The second kappa shape index (κ2) is 7.77. The molecule has 3 N–H and O–H groups in total. The molecule has 0 spiro atoms. The summed E-state index contributed by atoms with van der Waals surface area (Å²) in [6.45, 7) is 3.63.